The van der Waals surface area contributed by atoms with E-state index in [0.717, 1.165) is 12.8 Å². The Labute approximate surface area is 90.5 Å². The molecule has 0 saturated carbocycles. The van der Waals surface area contributed by atoms with E-state index in [1.54, 1.807) is 11.8 Å². The molecule has 1 aromatic rings. The molecule has 1 nitrogen and oxygen atoms in total. The molecule has 0 aliphatic rings. The van der Waals surface area contributed by atoms with Gasteiger partial charge < -0.3 is 5.11 Å². The van der Waals surface area contributed by atoms with Crippen LogP contribution in [0.4, 0.5) is 0 Å². The number of thioether (sulfide) groups is 1. The van der Waals surface area contributed by atoms with Crippen molar-refractivity contribution >= 4 is 11.8 Å². The van der Waals surface area contributed by atoms with Crippen molar-refractivity contribution in [2.24, 2.45) is 0 Å². The number of hydrogen-bond donors (Lipinski definition) is 1. The van der Waals surface area contributed by atoms with Gasteiger partial charge in [0.2, 0.25) is 0 Å². The number of rotatable bonds is 4. The molecule has 1 rings (SSSR count). The van der Waals surface area contributed by atoms with Crippen molar-refractivity contribution in [3.63, 3.8) is 0 Å². The molecular weight excluding hydrogens is 192 g/mol. The molecule has 0 radical (unpaired) electrons. The zero-order chi connectivity index (χ0) is 10.6. The minimum Gasteiger partial charge on any atom is -0.396 e. The summed E-state index contributed by atoms with van der Waals surface area (Å²) >= 11 is 1.79. The third-order valence-electron chi connectivity index (χ3n) is 2.50. The van der Waals surface area contributed by atoms with Crippen LogP contribution in [0.25, 0.3) is 0 Å². The average molecular weight is 210 g/mol. The zero-order valence-corrected chi connectivity index (χ0v) is 9.95. The van der Waals surface area contributed by atoms with Gasteiger partial charge >= 0.3 is 0 Å². The van der Waals surface area contributed by atoms with Gasteiger partial charge in [0.05, 0.1) is 0 Å². The van der Waals surface area contributed by atoms with Crippen LogP contribution in [-0.2, 0) is 6.42 Å². The van der Waals surface area contributed by atoms with E-state index >= 15 is 0 Å². The van der Waals surface area contributed by atoms with Crippen LogP contribution in [-0.4, -0.2) is 18.0 Å². The smallest absolute Gasteiger partial charge is 0.0434 e. The molecule has 0 aromatic heterocycles. The van der Waals surface area contributed by atoms with E-state index in [-0.39, 0.29) is 6.61 Å². The first-order valence-electron chi connectivity index (χ1n) is 4.94. The minimum absolute atomic E-state index is 0.279. The Morgan fingerprint density at radius 3 is 2.43 bits per heavy atom. The maximum atomic E-state index is 8.81. The second-order valence-electron chi connectivity index (χ2n) is 3.58. The molecule has 0 saturated heterocycles. The van der Waals surface area contributed by atoms with Gasteiger partial charge in [0.1, 0.15) is 0 Å². The van der Waals surface area contributed by atoms with Crippen molar-refractivity contribution in [2.75, 3.05) is 12.9 Å². The number of hydrogen-bond acceptors (Lipinski definition) is 2. The van der Waals surface area contributed by atoms with E-state index in [1.165, 1.54) is 21.6 Å². The second kappa shape index (κ2) is 5.42. The summed E-state index contributed by atoms with van der Waals surface area (Å²) in [7, 11) is 0. The maximum absolute atomic E-state index is 8.81. The molecule has 78 valence electrons. The summed E-state index contributed by atoms with van der Waals surface area (Å²) in [5.41, 5.74) is 4.06. The highest BCUT2D eigenvalue weighted by Crippen LogP contribution is 2.25. The summed E-state index contributed by atoms with van der Waals surface area (Å²) < 4.78 is 0. The normalized spacial score (nSPS) is 10.6. The van der Waals surface area contributed by atoms with E-state index in [1.807, 2.05) is 0 Å². The number of aryl methyl sites for hydroxylation is 3. The fourth-order valence-corrected chi connectivity index (χ4v) is 2.22. The molecule has 0 unspecified atom stereocenters. The van der Waals surface area contributed by atoms with Crippen LogP contribution in [0, 0.1) is 13.8 Å². The van der Waals surface area contributed by atoms with E-state index in [4.69, 9.17) is 5.11 Å². The summed E-state index contributed by atoms with van der Waals surface area (Å²) in [4.78, 5) is 1.35. The first-order valence-corrected chi connectivity index (χ1v) is 6.16. The fraction of sp³-hybridized carbons (Fsp3) is 0.500. The molecule has 0 atom stereocenters. The number of aliphatic hydroxyl groups excluding tert-OH is 1. The first kappa shape index (κ1) is 11.6. The van der Waals surface area contributed by atoms with Gasteiger partial charge in [0.15, 0.2) is 0 Å². The van der Waals surface area contributed by atoms with Crippen molar-refractivity contribution in [1.29, 1.82) is 0 Å². The Balaban J connectivity index is 2.95. The van der Waals surface area contributed by atoms with E-state index in [2.05, 4.69) is 32.2 Å². The quantitative estimate of drug-likeness (QED) is 0.771. The van der Waals surface area contributed by atoms with Crippen LogP contribution in [0.3, 0.4) is 0 Å². The predicted molar refractivity (Wildman–Crippen MR) is 63.1 cm³/mol. The third-order valence-corrected chi connectivity index (χ3v) is 3.32. The lowest BCUT2D eigenvalue weighted by atomic mass is 10.0. The van der Waals surface area contributed by atoms with Gasteiger partial charge in [-0.3, -0.25) is 0 Å². The molecule has 2 heteroatoms. The van der Waals surface area contributed by atoms with Crippen molar-refractivity contribution in [1.82, 2.24) is 0 Å². The van der Waals surface area contributed by atoms with Gasteiger partial charge in [-0.1, -0.05) is 6.07 Å². The lowest BCUT2D eigenvalue weighted by Crippen LogP contribution is -1.94. The molecule has 0 aliphatic carbocycles. The first-order chi connectivity index (χ1) is 6.69. The van der Waals surface area contributed by atoms with Crippen molar-refractivity contribution in [3.8, 4) is 0 Å². The molecule has 0 bridgehead atoms. The standard InChI is InChI=1S/C12H18OS/c1-9-7-11(5-4-6-13)12(14-3)8-10(9)2/h7-8,13H,4-6H2,1-3H3. The predicted octanol–water partition coefficient (Wildman–Crippen LogP) is 2.95. The molecule has 0 aliphatic heterocycles. The summed E-state index contributed by atoms with van der Waals surface area (Å²) in [6.07, 6.45) is 3.94. The van der Waals surface area contributed by atoms with Crippen LogP contribution < -0.4 is 0 Å². The minimum atomic E-state index is 0.279. The fourth-order valence-electron chi connectivity index (χ4n) is 1.50. The zero-order valence-electron chi connectivity index (χ0n) is 9.13. The highest BCUT2D eigenvalue weighted by atomic mass is 32.2. The molecular formula is C12H18OS. The molecule has 0 amide bonds. The third kappa shape index (κ3) is 2.76. The second-order valence-corrected chi connectivity index (χ2v) is 4.42. The molecule has 0 heterocycles. The van der Waals surface area contributed by atoms with E-state index < -0.39 is 0 Å². The summed E-state index contributed by atoms with van der Waals surface area (Å²) in [5.74, 6) is 0. The van der Waals surface area contributed by atoms with Crippen molar-refractivity contribution in [3.05, 3.63) is 28.8 Å². The van der Waals surface area contributed by atoms with E-state index in [0.29, 0.717) is 0 Å². The number of aliphatic hydroxyl groups is 1. The molecule has 1 N–H and O–H groups in total. The summed E-state index contributed by atoms with van der Waals surface area (Å²) in [5, 5.41) is 8.81. The van der Waals surface area contributed by atoms with Gasteiger partial charge in [-0.15, -0.1) is 11.8 Å². The SMILES string of the molecule is CSc1cc(C)c(C)cc1CCCO. The Morgan fingerprint density at radius 2 is 1.86 bits per heavy atom. The van der Waals surface area contributed by atoms with E-state index in [9.17, 15) is 0 Å². The Bertz CT molecular complexity index is 307. The molecule has 0 fully saturated rings. The summed E-state index contributed by atoms with van der Waals surface area (Å²) in [6.45, 7) is 4.56. The lowest BCUT2D eigenvalue weighted by Gasteiger charge is -2.10. The topological polar surface area (TPSA) is 20.2 Å². The highest BCUT2D eigenvalue weighted by Gasteiger charge is 2.04. The van der Waals surface area contributed by atoms with Gasteiger partial charge in [-0.25, -0.2) is 0 Å². The maximum Gasteiger partial charge on any atom is 0.0434 e. The number of benzene rings is 1. The van der Waals surface area contributed by atoms with Crippen LogP contribution in [0.5, 0.6) is 0 Å². The van der Waals surface area contributed by atoms with Crippen molar-refractivity contribution in [2.45, 2.75) is 31.6 Å². The van der Waals surface area contributed by atoms with Gasteiger partial charge in [-0.2, -0.15) is 0 Å². The van der Waals surface area contributed by atoms with Crippen molar-refractivity contribution < 1.29 is 5.11 Å². The van der Waals surface area contributed by atoms with Crippen LogP contribution in [0.2, 0.25) is 0 Å². The van der Waals surface area contributed by atoms with Crippen LogP contribution in [0.1, 0.15) is 23.1 Å². The van der Waals surface area contributed by atoms with Gasteiger partial charge in [0.25, 0.3) is 0 Å². The largest absolute Gasteiger partial charge is 0.396 e. The van der Waals surface area contributed by atoms with Crippen LogP contribution in [0.15, 0.2) is 17.0 Å². The molecule has 0 spiro atoms. The monoisotopic (exact) mass is 210 g/mol. The van der Waals surface area contributed by atoms with Crippen LogP contribution >= 0.6 is 11.8 Å². The summed E-state index contributed by atoms with van der Waals surface area (Å²) in [6, 6.07) is 4.49. The highest BCUT2D eigenvalue weighted by molar-refractivity contribution is 7.98. The molecule has 1 aromatic carbocycles. The lowest BCUT2D eigenvalue weighted by molar-refractivity contribution is 0.288. The Morgan fingerprint density at radius 1 is 1.21 bits per heavy atom. The van der Waals surface area contributed by atoms with Gasteiger partial charge in [0, 0.05) is 11.5 Å². The van der Waals surface area contributed by atoms with Gasteiger partial charge in [-0.05, 0) is 55.7 Å². The average Bonchev–Trinajstić information content (AvgIpc) is 2.19. The molecule has 14 heavy (non-hydrogen) atoms. The Kier molecular flexibility index (Phi) is 4.49. The Hall–Kier alpha value is -0.470.